The van der Waals surface area contributed by atoms with Gasteiger partial charge in [-0.1, -0.05) is 26.0 Å². The predicted molar refractivity (Wildman–Crippen MR) is 88.8 cm³/mol. The lowest BCUT2D eigenvalue weighted by atomic mass is 9.82. The quantitative estimate of drug-likeness (QED) is 0.795. The molecule has 0 amide bonds. The zero-order valence-corrected chi connectivity index (χ0v) is 13.8. The highest BCUT2D eigenvalue weighted by Gasteiger charge is 2.34. The molecule has 1 aliphatic rings. The Morgan fingerprint density at radius 2 is 2.10 bits per heavy atom. The highest BCUT2D eigenvalue weighted by Crippen LogP contribution is 2.36. The van der Waals surface area contributed by atoms with Crippen LogP contribution in [0, 0.1) is 5.41 Å². The summed E-state index contributed by atoms with van der Waals surface area (Å²) < 4.78 is 5.92. The molecule has 0 radical (unpaired) electrons. The molecule has 1 aromatic carbocycles. The molecule has 0 unspecified atom stereocenters. The van der Waals surface area contributed by atoms with Gasteiger partial charge in [0.25, 0.3) is 0 Å². The Bertz CT molecular complexity index is 429. The first-order chi connectivity index (χ1) is 10.2. The van der Waals surface area contributed by atoms with Crippen molar-refractivity contribution in [3.63, 3.8) is 0 Å². The SMILES string of the molecule is CCC1(CC)CCN(CCOc2cccc(CNC)c2)C1. The summed E-state index contributed by atoms with van der Waals surface area (Å²) in [5.41, 5.74) is 1.83. The second-order valence-corrected chi connectivity index (χ2v) is 6.26. The van der Waals surface area contributed by atoms with E-state index >= 15 is 0 Å². The molecule has 21 heavy (non-hydrogen) atoms. The van der Waals surface area contributed by atoms with E-state index in [-0.39, 0.29) is 0 Å². The summed E-state index contributed by atoms with van der Waals surface area (Å²) in [6.07, 6.45) is 3.94. The van der Waals surface area contributed by atoms with Crippen LogP contribution >= 0.6 is 0 Å². The molecular weight excluding hydrogens is 260 g/mol. The minimum atomic E-state index is 0.562. The van der Waals surface area contributed by atoms with Gasteiger partial charge in [-0.2, -0.15) is 0 Å². The van der Waals surface area contributed by atoms with Gasteiger partial charge >= 0.3 is 0 Å². The van der Waals surface area contributed by atoms with E-state index in [0.29, 0.717) is 5.41 Å². The average Bonchev–Trinajstić information content (AvgIpc) is 2.92. The minimum absolute atomic E-state index is 0.562. The lowest BCUT2D eigenvalue weighted by molar-refractivity contribution is 0.204. The fourth-order valence-electron chi connectivity index (χ4n) is 3.29. The van der Waals surface area contributed by atoms with E-state index in [1.165, 1.54) is 37.9 Å². The van der Waals surface area contributed by atoms with Crippen molar-refractivity contribution in [1.82, 2.24) is 10.2 Å². The third-order valence-electron chi connectivity index (χ3n) is 4.97. The molecule has 0 aliphatic carbocycles. The summed E-state index contributed by atoms with van der Waals surface area (Å²) in [6, 6.07) is 8.37. The van der Waals surface area contributed by atoms with Crippen LogP contribution in [0.1, 0.15) is 38.7 Å². The Kier molecular flexibility index (Phi) is 6.07. The molecule has 1 heterocycles. The van der Waals surface area contributed by atoms with Gasteiger partial charge in [-0.3, -0.25) is 4.90 Å². The van der Waals surface area contributed by atoms with Gasteiger partial charge in [0.15, 0.2) is 0 Å². The van der Waals surface area contributed by atoms with E-state index in [2.05, 4.69) is 42.3 Å². The van der Waals surface area contributed by atoms with Crippen molar-refractivity contribution in [3.8, 4) is 5.75 Å². The molecule has 0 atom stereocenters. The van der Waals surface area contributed by atoms with Crippen LogP contribution < -0.4 is 10.1 Å². The van der Waals surface area contributed by atoms with E-state index in [9.17, 15) is 0 Å². The number of hydrogen-bond donors (Lipinski definition) is 1. The first-order valence-corrected chi connectivity index (χ1v) is 8.30. The van der Waals surface area contributed by atoms with Crippen molar-refractivity contribution in [2.75, 3.05) is 33.3 Å². The highest BCUT2D eigenvalue weighted by molar-refractivity contribution is 5.28. The molecule has 0 spiro atoms. The Morgan fingerprint density at radius 3 is 2.76 bits per heavy atom. The molecule has 1 saturated heterocycles. The number of benzene rings is 1. The molecule has 0 aromatic heterocycles. The third kappa shape index (κ3) is 4.45. The van der Waals surface area contributed by atoms with Crippen LogP contribution in [0.5, 0.6) is 5.75 Å². The van der Waals surface area contributed by atoms with Crippen molar-refractivity contribution in [1.29, 1.82) is 0 Å². The molecule has 3 heteroatoms. The maximum atomic E-state index is 5.92. The van der Waals surface area contributed by atoms with Gasteiger partial charge in [0.05, 0.1) is 0 Å². The van der Waals surface area contributed by atoms with Crippen molar-refractivity contribution in [2.45, 2.75) is 39.7 Å². The van der Waals surface area contributed by atoms with Gasteiger partial charge in [-0.25, -0.2) is 0 Å². The summed E-state index contributed by atoms with van der Waals surface area (Å²) in [5.74, 6) is 0.985. The van der Waals surface area contributed by atoms with Crippen LogP contribution in [-0.2, 0) is 6.54 Å². The molecule has 0 bridgehead atoms. The largest absolute Gasteiger partial charge is 0.492 e. The van der Waals surface area contributed by atoms with Crippen molar-refractivity contribution in [3.05, 3.63) is 29.8 Å². The number of ether oxygens (including phenoxy) is 1. The van der Waals surface area contributed by atoms with Crippen LogP contribution in [0.15, 0.2) is 24.3 Å². The van der Waals surface area contributed by atoms with Gasteiger partial charge < -0.3 is 10.1 Å². The number of hydrogen-bond acceptors (Lipinski definition) is 3. The smallest absolute Gasteiger partial charge is 0.119 e. The topological polar surface area (TPSA) is 24.5 Å². The van der Waals surface area contributed by atoms with E-state index in [0.717, 1.165) is 25.4 Å². The molecule has 1 aliphatic heterocycles. The summed E-state index contributed by atoms with van der Waals surface area (Å²) in [5, 5.41) is 3.17. The molecule has 1 aromatic rings. The second-order valence-electron chi connectivity index (χ2n) is 6.26. The molecule has 3 nitrogen and oxygen atoms in total. The Labute approximate surface area is 129 Å². The molecule has 2 rings (SSSR count). The van der Waals surface area contributed by atoms with E-state index in [1.54, 1.807) is 0 Å². The Balaban J connectivity index is 1.76. The lowest BCUT2D eigenvalue weighted by Gasteiger charge is -2.26. The van der Waals surface area contributed by atoms with Gasteiger partial charge in [-0.05, 0) is 56.0 Å². The first kappa shape index (κ1) is 16.3. The number of rotatable bonds is 8. The predicted octanol–water partition coefficient (Wildman–Crippen LogP) is 3.30. The van der Waals surface area contributed by atoms with Crippen LogP contribution in [-0.4, -0.2) is 38.2 Å². The summed E-state index contributed by atoms with van der Waals surface area (Å²) in [7, 11) is 1.97. The van der Waals surface area contributed by atoms with Crippen molar-refractivity contribution in [2.24, 2.45) is 5.41 Å². The molecule has 1 N–H and O–H groups in total. The maximum absolute atomic E-state index is 5.92. The summed E-state index contributed by atoms with van der Waals surface area (Å²) in [6.45, 7) is 9.84. The normalized spacial score (nSPS) is 18.0. The van der Waals surface area contributed by atoms with Crippen LogP contribution in [0.3, 0.4) is 0 Å². The number of likely N-dealkylation sites (tertiary alicyclic amines) is 1. The van der Waals surface area contributed by atoms with Crippen LogP contribution in [0.2, 0.25) is 0 Å². The third-order valence-corrected chi connectivity index (χ3v) is 4.97. The summed E-state index contributed by atoms with van der Waals surface area (Å²) in [4.78, 5) is 2.56. The highest BCUT2D eigenvalue weighted by atomic mass is 16.5. The zero-order chi connectivity index (χ0) is 15.1. The summed E-state index contributed by atoms with van der Waals surface area (Å²) >= 11 is 0. The zero-order valence-electron chi connectivity index (χ0n) is 13.8. The van der Waals surface area contributed by atoms with E-state index in [1.807, 2.05) is 13.1 Å². The monoisotopic (exact) mass is 290 g/mol. The van der Waals surface area contributed by atoms with E-state index in [4.69, 9.17) is 4.74 Å². The Morgan fingerprint density at radius 1 is 1.29 bits per heavy atom. The standard InChI is InChI=1S/C18H30N2O/c1-4-18(5-2)9-10-20(15-18)11-12-21-17-8-6-7-16(13-17)14-19-3/h6-8,13,19H,4-5,9-12,14-15H2,1-3H3. The number of nitrogens with one attached hydrogen (secondary N) is 1. The fourth-order valence-corrected chi connectivity index (χ4v) is 3.29. The Hall–Kier alpha value is -1.06. The molecule has 0 saturated carbocycles. The maximum Gasteiger partial charge on any atom is 0.119 e. The molecule has 118 valence electrons. The molecular formula is C18H30N2O. The second kappa shape index (κ2) is 7.81. The van der Waals surface area contributed by atoms with Crippen LogP contribution in [0.25, 0.3) is 0 Å². The van der Waals surface area contributed by atoms with Crippen molar-refractivity contribution < 1.29 is 4.74 Å². The first-order valence-electron chi connectivity index (χ1n) is 8.30. The van der Waals surface area contributed by atoms with Gasteiger partial charge in [0.1, 0.15) is 12.4 Å². The van der Waals surface area contributed by atoms with Gasteiger partial charge in [0.2, 0.25) is 0 Å². The van der Waals surface area contributed by atoms with Gasteiger partial charge in [0, 0.05) is 19.6 Å². The average molecular weight is 290 g/mol. The van der Waals surface area contributed by atoms with Crippen LogP contribution in [0.4, 0.5) is 0 Å². The van der Waals surface area contributed by atoms with Gasteiger partial charge in [-0.15, -0.1) is 0 Å². The minimum Gasteiger partial charge on any atom is -0.492 e. The molecule has 1 fully saturated rings. The van der Waals surface area contributed by atoms with E-state index < -0.39 is 0 Å². The lowest BCUT2D eigenvalue weighted by Crippen LogP contribution is -2.29. The fraction of sp³-hybridized carbons (Fsp3) is 0.667. The number of nitrogens with zero attached hydrogens (tertiary/aromatic N) is 1. The van der Waals surface area contributed by atoms with Crippen molar-refractivity contribution >= 4 is 0 Å².